The van der Waals surface area contributed by atoms with Crippen LogP contribution >= 0.6 is 0 Å². The van der Waals surface area contributed by atoms with Crippen LogP contribution in [0.1, 0.15) is 13.8 Å². The number of rotatable bonds is 8. The van der Waals surface area contributed by atoms with E-state index < -0.39 is 10.0 Å². The van der Waals surface area contributed by atoms with Gasteiger partial charge in [-0.15, -0.1) is 0 Å². The summed E-state index contributed by atoms with van der Waals surface area (Å²) in [4.78, 5) is 0.264. The SMILES string of the molecule is CCNc1ccc(S(=O)(=O)NCCOCC)cc1. The van der Waals surface area contributed by atoms with Crippen LogP contribution in [-0.2, 0) is 14.8 Å². The quantitative estimate of drug-likeness (QED) is 0.703. The third-order valence-corrected chi connectivity index (χ3v) is 3.77. The molecule has 0 atom stereocenters. The zero-order chi connectivity index (χ0) is 13.4. The number of hydrogen-bond acceptors (Lipinski definition) is 4. The molecule has 5 nitrogen and oxygen atoms in total. The van der Waals surface area contributed by atoms with Gasteiger partial charge in [0.1, 0.15) is 0 Å². The molecule has 0 aliphatic carbocycles. The van der Waals surface area contributed by atoms with Gasteiger partial charge >= 0.3 is 0 Å². The molecule has 18 heavy (non-hydrogen) atoms. The van der Waals surface area contributed by atoms with Gasteiger partial charge in [0.25, 0.3) is 0 Å². The molecule has 0 unspecified atom stereocenters. The highest BCUT2D eigenvalue weighted by Crippen LogP contribution is 2.13. The van der Waals surface area contributed by atoms with Crippen molar-refractivity contribution >= 4 is 15.7 Å². The summed E-state index contributed by atoms with van der Waals surface area (Å²) in [6.07, 6.45) is 0. The molecule has 0 bridgehead atoms. The third kappa shape index (κ3) is 4.64. The van der Waals surface area contributed by atoms with Crippen LogP contribution in [-0.4, -0.2) is 34.7 Å². The van der Waals surface area contributed by atoms with Crippen LogP contribution in [0.2, 0.25) is 0 Å². The van der Waals surface area contributed by atoms with E-state index >= 15 is 0 Å². The lowest BCUT2D eigenvalue weighted by molar-refractivity contribution is 0.153. The van der Waals surface area contributed by atoms with E-state index in [9.17, 15) is 8.42 Å². The molecule has 0 aromatic heterocycles. The Balaban J connectivity index is 2.61. The van der Waals surface area contributed by atoms with Gasteiger partial charge < -0.3 is 10.1 Å². The van der Waals surface area contributed by atoms with Crippen LogP contribution in [0, 0.1) is 0 Å². The van der Waals surface area contributed by atoms with Crippen LogP contribution in [0.4, 0.5) is 5.69 Å². The maximum absolute atomic E-state index is 11.9. The molecule has 0 saturated heterocycles. The van der Waals surface area contributed by atoms with Crippen molar-refractivity contribution in [1.82, 2.24) is 4.72 Å². The molecule has 0 fully saturated rings. The van der Waals surface area contributed by atoms with Crippen molar-refractivity contribution in [2.45, 2.75) is 18.7 Å². The highest BCUT2D eigenvalue weighted by atomic mass is 32.2. The Morgan fingerprint density at radius 1 is 1.17 bits per heavy atom. The minimum Gasteiger partial charge on any atom is -0.385 e. The van der Waals surface area contributed by atoms with Gasteiger partial charge in [0.05, 0.1) is 11.5 Å². The van der Waals surface area contributed by atoms with Crippen molar-refractivity contribution < 1.29 is 13.2 Å². The van der Waals surface area contributed by atoms with Crippen LogP contribution in [0.15, 0.2) is 29.2 Å². The summed E-state index contributed by atoms with van der Waals surface area (Å²) in [5, 5.41) is 3.11. The minimum absolute atomic E-state index is 0.264. The van der Waals surface area contributed by atoms with Gasteiger partial charge in [-0.25, -0.2) is 13.1 Å². The number of benzene rings is 1. The van der Waals surface area contributed by atoms with Crippen LogP contribution in [0.25, 0.3) is 0 Å². The van der Waals surface area contributed by atoms with Crippen LogP contribution in [0.5, 0.6) is 0 Å². The van der Waals surface area contributed by atoms with Crippen molar-refractivity contribution in [3.05, 3.63) is 24.3 Å². The van der Waals surface area contributed by atoms with Gasteiger partial charge in [-0.3, -0.25) is 0 Å². The maximum atomic E-state index is 11.9. The number of sulfonamides is 1. The Kier molecular flexibility index (Phi) is 6.11. The van der Waals surface area contributed by atoms with E-state index in [1.54, 1.807) is 24.3 Å². The van der Waals surface area contributed by atoms with E-state index in [1.165, 1.54) is 0 Å². The average molecular weight is 272 g/mol. The number of nitrogens with one attached hydrogen (secondary N) is 2. The molecule has 6 heteroatoms. The van der Waals surface area contributed by atoms with Gasteiger partial charge in [0.15, 0.2) is 0 Å². The predicted octanol–water partition coefficient (Wildman–Crippen LogP) is 1.43. The number of hydrogen-bond donors (Lipinski definition) is 2. The molecule has 0 aliphatic heterocycles. The summed E-state index contributed by atoms with van der Waals surface area (Å²) in [6.45, 7) is 5.90. The molecule has 1 rings (SSSR count). The standard InChI is InChI=1S/C12H20N2O3S/c1-3-13-11-5-7-12(8-6-11)18(15,16)14-9-10-17-4-2/h5-8,13-14H,3-4,9-10H2,1-2H3. The highest BCUT2D eigenvalue weighted by Gasteiger charge is 2.12. The first-order valence-corrected chi connectivity index (χ1v) is 7.49. The topological polar surface area (TPSA) is 67.4 Å². The summed E-state index contributed by atoms with van der Waals surface area (Å²) in [6, 6.07) is 6.67. The second-order valence-electron chi connectivity index (χ2n) is 3.65. The first-order chi connectivity index (χ1) is 8.60. The minimum atomic E-state index is -3.43. The zero-order valence-electron chi connectivity index (χ0n) is 10.8. The fraction of sp³-hybridized carbons (Fsp3) is 0.500. The van der Waals surface area contributed by atoms with E-state index in [-0.39, 0.29) is 11.4 Å². The summed E-state index contributed by atoms with van der Waals surface area (Å²) in [5.41, 5.74) is 0.908. The van der Waals surface area contributed by atoms with E-state index in [2.05, 4.69) is 10.0 Å². The molecule has 0 spiro atoms. The van der Waals surface area contributed by atoms with Crippen LogP contribution < -0.4 is 10.0 Å². The lowest BCUT2D eigenvalue weighted by Gasteiger charge is -2.08. The molecule has 1 aromatic rings. The lowest BCUT2D eigenvalue weighted by atomic mass is 10.3. The fourth-order valence-corrected chi connectivity index (χ4v) is 2.45. The first kappa shape index (κ1) is 14.9. The molecule has 0 saturated carbocycles. The van der Waals surface area contributed by atoms with E-state index in [4.69, 9.17) is 4.74 Å². The van der Waals surface area contributed by atoms with Crippen molar-refractivity contribution in [3.63, 3.8) is 0 Å². The smallest absolute Gasteiger partial charge is 0.240 e. The van der Waals surface area contributed by atoms with Gasteiger partial charge in [0.2, 0.25) is 10.0 Å². The summed E-state index contributed by atoms with van der Waals surface area (Å²) < 4.78 is 31.3. The summed E-state index contributed by atoms with van der Waals surface area (Å²) >= 11 is 0. The highest BCUT2D eigenvalue weighted by molar-refractivity contribution is 7.89. The van der Waals surface area contributed by atoms with E-state index in [0.29, 0.717) is 13.2 Å². The summed E-state index contributed by atoms with van der Waals surface area (Å²) in [7, 11) is -3.43. The van der Waals surface area contributed by atoms with Crippen molar-refractivity contribution in [2.24, 2.45) is 0 Å². The van der Waals surface area contributed by atoms with Gasteiger partial charge in [-0.05, 0) is 38.1 Å². The molecule has 1 aromatic carbocycles. The molecule has 0 heterocycles. The second-order valence-corrected chi connectivity index (χ2v) is 5.42. The first-order valence-electron chi connectivity index (χ1n) is 6.01. The lowest BCUT2D eigenvalue weighted by Crippen LogP contribution is -2.27. The number of anilines is 1. The van der Waals surface area contributed by atoms with Gasteiger partial charge in [-0.2, -0.15) is 0 Å². The van der Waals surface area contributed by atoms with E-state index in [0.717, 1.165) is 12.2 Å². The molecular weight excluding hydrogens is 252 g/mol. The average Bonchev–Trinajstić information content (AvgIpc) is 2.36. The summed E-state index contributed by atoms with van der Waals surface area (Å²) in [5.74, 6) is 0. The van der Waals surface area contributed by atoms with Crippen LogP contribution in [0.3, 0.4) is 0 Å². The maximum Gasteiger partial charge on any atom is 0.240 e. The predicted molar refractivity (Wildman–Crippen MR) is 72.3 cm³/mol. The second kappa shape index (κ2) is 7.35. The zero-order valence-corrected chi connectivity index (χ0v) is 11.6. The van der Waals surface area contributed by atoms with Gasteiger partial charge in [0, 0.05) is 25.4 Å². The molecule has 102 valence electrons. The molecule has 0 amide bonds. The molecule has 0 aliphatic rings. The molecular formula is C12H20N2O3S. The largest absolute Gasteiger partial charge is 0.385 e. The van der Waals surface area contributed by atoms with Gasteiger partial charge in [-0.1, -0.05) is 0 Å². The van der Waals surface area contributed by atoms with E-state index in [1.807, 2.05) is 13.8 Å². The Morgan fingerprint density at radius 3 is 2.39 bits per heavy atom. The Morgan fingerprint density at radius 2 is 1.83 bits per heavy atom. The Bertz CT molecular complexity index is 443. The third-order valence-electron chi connectivity index (χ3n) is 2.29. The molecule has 2 N–H and O–H groups in total. The van der Waals surface area contributed by atoms with Crippen molar-refractivity contribution in [2.75, 3.05) is 31.6 Å². The molecule has 0 radical (unpaired) electrons. The van der Waals surface area contributed by atoms with Crippen molar-refractivity contribution in [1.29, 1.82) is 0 Å². The monoisotopic (exact) mass is 272 g/mol. The Hall–Kier alpha value is -1.11. The fourth-order valence-electron chi connectivity index (χ4n) is 1.43. The van der Waals surface area contributed by atoms with Crippen molar-refractivity contribution in [3.8, 4) is 0 Å². The number of ether oxygens (including phenoxy) is 1. The Labute approximate surface area is 109 Å². The normalized spacial score (nSPS) is 11.4.